The van der Waals surface area contributed by atoms with Gasteiger partial charge in [-0.1, -0.05) is 24.3 Å². The van der Waals surface area contributed by atoms with E-state index in [1.165, 1.54) is 11.1 Å². The SMILES string of the molecule is CC1=C(C(=O)OC(C)C)C(=O)CC(C)(O)C12Cc1ccccc1C2. The molecule has 2 aliphatic carbocycles. The molecule has 4 heteroatoms. The molecule has 0 aliphatic heterocycles. The van der Waals surface area contributed by atoms with Crippen LogP contribution in [0.3, 0.4) is 0 Å². The second-order valence-corrected chi connectivity index (χ2v) is 7.53. The highest BCUT2D eigenvalue weighted by molar-refractivity contribution is 6.19. The van der Waals surface area contributed by atoms with E-state index in [2.05, 4.69) is 12.1 Å². The number of esters is 1. The standard InChI is InChI=1S/C20H24O4/c1-12(2)24-18(22)17-13(3)20(19(4,23)11-16(17)21)9-14-7-5-6-8-15(14)10-20/h5-8,12,23H,9-11H2,1-4H3. The highest BCUT2D eigenvalue weighted by Gasteiger charge is 2.57. The van der Waals surface area contributed by atoms with Gasteiger partial charge in [-0.15, -0.1) is 0 Å². The highest BCUT2D eigenvalue weighted by atomic mass is 16.5. The van der Waals surface area contributed by atoms with Gasteiger partial charge in [0.25, 0.3) is 0 Å². The Labute approximate surface area is 142 Å². The Kier molecular flexibility index (Phi) is 3.91. The summed E-state index contributed by atoms with van der Waals surface area (Å²) in [5.74, 6) is -0.900. The smallest absolute Gasteiger partial charge is 0.341 e. The van der Waals surface area contributed by atoms with Crippen LogP contribution in [0.25, 0.3) is 0 Å². The molecular weight excluding hydrogens is 304 g/mol. The average molecular weight is 328 g/mol. The number of aliphatic hydroxyl groups is 1. The first-order valence-electron chi connectivity index (χ1n) is 8.43. The van der Waals surface area contributed by atoms with Crippen LogP contribution in [0, 0.1) is 5.41 Å². The molecular formula is C20H24O4. The number of hydrogen-bond donors (Lipinski definition) is 1. The lowest BCUT2D eigenvalue weighted by atomic mass is 9.59. The van der Waals surface area contributed by atoms with Crippen molar-refractivity contribution < 1.29 is 19.4 Å². The number of fused-ring (bicyclic) bond motifs is 1. The fourth-order valence-corrected chi connectivity index (χ4v) is 4.22. The van der Waals surface area contributed by atoms with Crippen LogP contribution in [0.5, 0.6) is 0 Å². The molecule has 0 saturated carbocycles. The predicted octanol–water partition coefficient (Wildman–Crippen LogP) is 2.76. The monoisotopic (exact) mass is 328 g/mol. The summed E-state index contributed by atoms with van der Waals surface area (Å²) in [4.78, 5) is 25.0. The van der Waals surface area contributed by atoms with Crippen molar-refractivity contribution in [1.82, 2.24) is 0 Å². The summed E-state index contributed by atoms with van der Waals surface area (Å²) < 4.78 is 5.28. The molecule has 0 heterocycles. The molecule has 1 N–H and O–H groups in total. The highest BCUT2D eigenvalue weighted by Crippen LogP contribution is 2.54. The molecule has 1 aromatic carbocycles. The molecule has 0 radical (unpaired) electrons. The van der Waals surface area contributed by atoms with Gasteiger partial charge in [0.2, 0.25) is 0 Å². The van der Waals surface area contributed by atoms with Crippen molar-refractivity contribution >= 4 is 11.8 Å². The molecule has 24 heavy (non-hydrogen) atoms. The van der Waals surface area contributed by atoms with Gasteiger partial charge in [-0.25, -0.2) is 4.79 Å². The van der Waals surface area contributed by atoms with Crippen LogP contribution >= 0.6 is 0 Å². The topological polar surface area (TPSA) is 63.6 Å². The molecule has 3 rings (SSSR count). The van der Waals surface area contributed by atoms with E-state index in [1.807, 2.05) is 12.1 Å². The van der Waals surface area contributed by atoms with Crippen LogP contribution in [-0.4, -0.2) is 28.6 Å². The molecule has 128 valence electrons. The van der Waals surface area contributed by atoms with Gasteiger partial charge < -0.3 is 9.84 Å². The molecule has 0 saturated heterocycles. The molecule has 0 bridgehead atoms. The Bertz CT molecular complexity index is 715. The summed E-state index contributed by atoms with van der Waals surface area (Å²) in [6.45, 7) is 7.04. The second kappa shape index (κ2) is 5.55. The summed E-state index contributed by atoms with van der Waals surface area (Å²) >= 11 is 0. The van der Waals surface area contributed by atoms with Crippen LogP contribution < -0.4 is 0 Å². The third-order valence-electron chi connectivity index (χ3n) is 5.56. The van der Waals surface area contributed by atoms with Crippen molar-refractivity contribution in [2.24, 2.45) is 5.41 Å². The minimum Gasteiger partial charge on any atom is -0.459 e. The van der Waals surface area contributed by atoms with Crippen molar-refractivity contribution in [2.75, 3.05) is 0 Å². The fraction of sp³-hybridized carbons (Fsp3) is 0.500. The van der Waals surface area contributed by atoms with E-state index in [9.17, 15) is 14.7 Å². The fourth-order valence-electron chi connectivity index (χ4n) is 4.22. The summed E-state index contributed by atoms with van der Waals surface area (Å²) in [6, 6.07) is 8.06. The van der Waals surface area contributed by atoms with Crippen LogP contribution in [0.2, 0.25) is 0 Å². The summed E-state index contributed by atoms with van der Waals surface area (Å²) in [7, 11) is 0. The number of benzene rings is 1. The largest absolute Gasteiger partial charge is 0.459 e. The number of carbonyl (C=O) groups excluding carboxylic acids is 2. The Morgan fingerprint density at radius 3 is 2.21 bits per heavy atom. The van der Waals surface area contributed by atoms with E-state index >= 15 is 0 Å². The van der Waals surface area contributed by atoms with Gasteiger partial charge in [0.05, 0.1) is 11.7 Å². The third-order valence-corrected chi connectivity index (χ3v) is 5.56. The Balaban J connectivity index is 2.12. The zero-order chi connectivity index (χ0) is 17.7. The lowest BCUT2D eigenvalue weighted by Crippen LogP contribution is -2.53. The minimum atomic E-state index is -1.19. The predicted molar refractivity (Wildman–Crippen MR) is 90.5 cm³/mol. The lowest BCUT2D eigenvalue weighted by Gasteiger charge is -2.47. The zero-order valence-electron chi connectivity index (χ0n) is 14.7. The molecule has 0 aromatic heterocycles. The Morgan fingerprint density at radius 2 is 1.71 bits per heavy atom. The van der Waals surface area contributed by atoms with Gasteiger partial charge in [0.15, 0.2) is 5.78 Å². The quantitative estimate of drug-likeness (QED) is 0.670. The number of ether oxygens (including phenoxy) is 1. The van der Waals surface area contributed by atoms with E-state index in [0.717, 1.165) is 0 Å². The molecule has 1 unspecified atom stereocenters. The Hall–Kier alpha value is -1.94. The van der Waals surface area contributed by atoms with Gasteiger partial charge in [-0.3, -0.25) is 4.79 Å². The van der Waals surface area contributed by atoms with Gasteiger partial charge >= 0.3 is 5.97 Å². The van der Waals surface area contributed by atoms with Gasteiger partial charge in [0.1, 0.15) is 5.57 Å². The van der Waals surface area contributed by atoms with Gasteiger partial charge in [-0.2, -0.15) is 0 Å². The average Bonchev–Trinajstić information content (AvgIpc) is 2.85. The van der Waals surface area contributed by atoms with Crippen LogP contribution in [0.4, 0.5) is 0 Å². The molecule has 1 atom stereocenters. The maximum atomic E-state index is 12.5. The summed E-state index contributed by atoms with van der Waals surface area (Å²) in [5, 5.41) is 11.1. The number of hydrogen-bond acceptors (Lipinski definition) is 4. The van der Waals surface area contributed by atoms with Gasteiger partial charge in [-0.05, 0) is 57.2 Å². The normalized spacial score (nSPS) is 25.3. The van der Waals surface area contributed by atoms with Crippen molar-refractivity contribution in [3.63, 3.8) is 0 Å². The van der Waals surface area contributed by atoms with E-state index in [4.69, 9.17) is 4.74 Å². The maximum Gasteiger partial charge on any atom is 0.341 e. The van der Waals surface area contributed by atoms with Gasteiger partial charge in [0, 0.05) is 11.8 Å². The number of ketones is 1. The first kappa shape index (κ1) is 16.9. The van der Waals surface area contributed by atoms with Crippen molar-refractivity contribution in [3.8, 4) is 0 Å². The second-order valence-electron chi connectivity index (χ2n) is 7.53. The number of rotatable bonds is 2. The third kappa shape index (κ3) is 2.40. The molecule has 0 fully saturated rings. The summed E-state index contributed by atoms with van der Waals surface area (Å²) in [6.07, 6.45) is 0.923. The van der Waals surface area contributed by atoms with Crippen LogP contribution in [-0.2, 0) is 27.2 Å². The van der Waals surface area contributed by atoms with Crippen molar-refractivity contribution in [2.45, 2.75) is 58.7 Å². The van der Waals surface area contributed by atoms with E-state index < -0.39 is 17.0 Å². The number of Topliss-reactive ketones (excluding diaryl/α,β-unsaturated/α-hetero) is 1. The molecule has 1 spiro atoms. The molecule has 1 aromatic rings. The number of carbonyl (C=O) groups is 2. The summed E-state index contributed by atoms with van der Waals surface area (Å²) in [5.41, 5.74) is 1.31. The van der Waals surface area contributed by atoms with Crippen molar-refractivity contribution in [3.05, 3.63) is 46.5 Å². The lowest BCUT2D eigenvalue weighted by molar-refractivity contribution is -0.146. The molecule has 2 aliphatic rings. The van der Waals surface area contributed by atoms with Crippen molar-refractivity contribution in [1.29, 1.82) is 0 Å². The first-order valence-corrected chi connectivity index (χ1v) is 8.43. The zero-order valence-corrected chi connectivity index (χ0v) is 14.7. The molecule has 4 nitrogen and oxygen atoms in total. The van der Waals surface area contributed by atoms with E-state index in [0.29, 0.717) is 18.4 Å². The Morgan fingerprint density at radius 1 is 1.17 bits per heavy atom. The van der Waals surface area contributed by atoms with Crippen LogP contribution in [0.15, 0.2) is 35.4 Å². The van der Waals surface area contributed by atoms with E-state index in [-0.39, 0.29) is 23.9 Å². The molecule has 0 amide bonds. The van der Waals surface area contributed by atoms with E-state index in [1.54, 1.807) is 27.7 Å². The minimum absolute atomic E-state index is 0.0547. The maximum absolute atomic E-state index is 12.5. The first-order chi connectivity index (χ1) is 11.2. The van der Waals surface area contributed by atoms with Crippen LogP contribution in [0.1, 0.15) is 45.2 Å².